The van der Waals surface area contributed by atoms with Crippen molar-refractivity contribution in [2.75, 3.05) is 20.3 Å². The molecule has 1 N–H and O–H groups in total. The van der Waals surface area contributed by atoms with Gasteiger partial charge in [-0.3, -0.25) is 0 Å². The number of rotatable bonds is 5. The van der Waals surface area contributed by atoms with E-state index in [2.05, 4.69) is 15.9 Å². The summed E-state index contributed by atoms with van der Waals surface area (Å²) in [5.74, 6) is 0.397. The van der Waals surface area contributed by atoms with E-state index in [1.165, 1.54) is 19.2 Å². The van der Waals surface area contributed by atoms with Crippen LogP contribution in [0.5, 0.6) is 11.5 Å². The molecule has 0 fully saturated rings. The van der Waals surface area contributed by atoms with Gasteiger partial charge in [-0.1, -0.05) is 0 Å². The Kier molecular flexibility index (Phi) is 4.84. The van der Waals surface area contributed by atoms with Gasteiger partial charge >= 0.3 is 0 Å². The maximum atomic E-state index is 13.1. The number of halogens is 2. The van der Waals surface area contributed by atoms with Crippen molar-refractivity contribution in [2.45, 2.75) is 6.42 Å². The summed E-state index contributed by atoms with van der Waals surface area (Å²) >= 11 is 3.06. The number of aliphatic hydroxyl groups is 1. The van der Waals surface area contributed by atoms with Crippen LogP contribution in [0.3, 0.4) is 0 Å². The quantitative estimate of drug-likeness (QED) is 0.841. The van der Waals surface area contributed by atoms with Crippen molar-refractivity contribution in [3.05, 3.63) is 22.4 Å². The van der Waals surface area contributed by atoms with Gasteiger partial charge < -0.3 is 14.6 Å². The maximum Gasteiger partial charge on any atom is 0.163 e. The minimum Gasteiger partial charge on any atom is -0.493 e. The monoisotopic (exact) mass is 278 g/mol. The van der Waals surface area contributed by atoms with Gasteiger partial charge in [-0.2, -0.15) is 0 Å². The van der Waals surface area contributed by atoms with Gasteiger partial charge in [0.1, 0.15) is 5.82 Å². The molecule has 0 saturated carbocycles. The largest absolute Gasteiger partial charge is 0.493 e. The smallest absolute Gasteiger partial charge is 0.163 e. The fourth-order valence-electron chi connectivity index (χ4n) is 1.03. The average molecular weight is 279 g/mol. The molecule has 15 heavy (non-hydrogen) atoms. The van der Waals surface area contributed by atoms with Crippen molar-refractivity contribution in [3.63, 3.8) is 0 Å². The standard InChI is InChI=1S/C10H12BrFO3/c1-14-9-6-8(12)7(11)5-10(9)15-4-2-3-13/h5-6,13H,2-4H2,1H3. The maximum absolute atomic E-state index is 13.1. The number of aliphatic hydroxyl groups excluding tert-OH is 1. The van der Waals surface area contributed by atoms with Crippen LogP contribution in [0.1, 0.15) is 6.42 Å². The van der Waals surface area contributed by atoms with E-state index in [1.807, 2.05) is 0 Å². The van der Waals surface area contributed by atoms with Crippen LogP contribution in [0.2, 0.25) is 0 Å². The van der Waals surface area contributed by atoms with Crippen molar-refractivity contribution >= 4 is 15.9 Å². The molecular weight excluding hydrogens is 267 g/mol. The highest BCUT2D eigenvalue weighted by molar-refractivity contribution is 9.10. The Balaban J connectivity index is 2.80. The first-order valence-electron chi connectivity index (χ1n) is 4.45. The highest BCUT2D eigenvalue weighted by Gasteiger charge is 2.09. The first-order chi connectivity index (χ1) is 7.19. The molecule has 1 aromatic carbocycles. The van der Waals surface area contributed by atoms with E-state index < -0.39 is 5.82 Å². The summed E-state index contributed by atoms with van der Waals surface area (Å²) in [5.41, 5.74) is 0. The molecule has 0 saturated heterocycles. The first kappa shape index (κ1) is 12.3. The number of benzene rings is 1. The molecule has 0 atom stereocenters. The number of hydrogen-bond donors (Lipinski definition) is 1. The fraction of sp³-hybridized carbons (Fsp3) is 0.400. The van der Waals surface area contributed by atoms with Gasteiger partial charge in [0, 0.05) is 25.2 Å². The SMILES string of the molecule is COc1cc(F)c(Br)cc1OCCCO. The molecule has 0 radical (unpaired) electrons. The molecule has 0 amide bonds. The van der Waals surface area contributed by atoms with Crippen molar-refractivity contribution in [1.82, 2.24) is 0 Å². The second-order valence-corrected chi connectivity index (χ2v) is 3.70. The molecule has 0 aromatic heterocycles. The van der Waals surface area contributed by atoms with E-state index in [9.17, 15) is 4.39 Å². The van der Waals surface area contributed by atoms with E-state index in [1.54, 1.807) is 0 Å². The lowest BCUT2D eigenvalue weighted by Crippen LogP contribution is -2.01. The molecule has 0 aliphatic rings. The Morgan fingerprint density at radius 2 is 2.13 bits per heavy atom. The van der Waals surface area contributed by atoms with E-state index >= 15 is 0 Å². The summed E-state index contributed by atoms with van der Waals surface area (Å²) < 4.78 is 23.7. The van der Waals surface area contributed by atoms with Crippen LogP contribution in [-0.4, -0.2) is 25.4 Å². The first-order valence-corrected chi connectivity index (χ1v) is 5.25. The minimum atomic E-state index is -0.402. The van der Waals surface area contributed by atoms with Crippen molar-refractivity contribution in [2.24, 2.45) is 0 Å². The molecule has 1 rings (SSSR count). The number of hydrogen-bond acceptors (Lipinski definition) is 3. The zero-order valence-electron chi connectivity index (χ0n) is 8.30. The van der Waals surface area contributed by atoms with Gasteiger partial charge in [0.05, 0.1) is 18.2 Å². The lowest BCUT2D eigenvalue weighted by atomic mass is 10.3. The molecule has 5 heteroatoms. The lowest BCUT2D eigenvalue weighted by Gasteiger charge is -2.10. The highest BCUT2D eigenvalue weighted by Crippen LogP contribution is 2.32. The molecule has 0 spiro atoms. The Morgan fingerprint density at radius 3 is 2.73 bits per heavy atom. The number of ether oxygens (including phenoxy) is 2. The third-order valence-electron chi connectivity index (χ3n) is 1.77. The molecule has 3 nitrogen and oxygen atoms in total. The van der Waals surface area contributed by atoms with Crippen LogP contribution >= 0.6 is 15.9 Å². The van der Waals surface area contributed by atoms with Crippen LogP contribution in [-0.2, 0) is 0 Å². The Labute approximate surface area is 95.9 Å². The molecule has 0 bridgehead atoms. The Morgan fingerprint density at radius 1 is 1.40 bits per heavy atom. The predicted molar refractivity (Wildman–Crippen MR) is 57.8 cm³/mol. The Bertz CT molecular complexity index is 331. The summed E-state index contributed by atoms with van der Waals surface area (Å²) in [5, 5.41) is 8.59. The van der Waals surface area contributed by atoms with E-state index in [4.69, 9.17) is 14.6 Å². The molecule has 1 aromatic rings. The summed E-state index contributed by atoms with van der Waals surface area (Å²) in [7, 11) is 1.45. The highest BCUT2D eigenvalue weighted by atomic mass is 79.9. The van der Waals surface area contributed by atoms with Gasteiger partial charge in [-0.15, -0.1) is 0 Å². The molecule has 0 heterocycles. The average Bonchev–Trinajstić information content (AvgIpc) is 2.23. The van der Waals surface area contributed by atoms with Gasteiger partial charge in [0.15, 0.2) is 11.5 Å². The van der Waals surface area contributed by atoms with Crippen LogP contribution < -0.4 is 9.47 Å². The molecule has 0 unspecified atom stereocenters. The lowest BCUT2D eigenvalue weighted by molar-refractivity contribution is 0.227. The van der Waals surface area contributed by atoms with Gasteiger partial charge in [-0.05, 0) is 15.9 Å². The van der Waals surface area contributed by atoms with Crippen LogP contribution in [0.15, 0.2) is 16.6 Å². The fourth-order valence-corrected chi connectivity index (χ4v) is 1.35. The Hall–Kier alpha value is -0.810. The summed E-state index contributed by atoms with van der Waals surface area (Å²) in [6.07, 6.45) is 0.526. The van der Waals surface area contributed by atoms with E-state index in [-0.39, 0.29) is 6.61 Å². The van der Waals surface area contributed by atoms with Crippen molar-refractivity contribution in [3.8, 4) is 11.5 Å². The minimum absolute atomic E-state index is 0.0602. The van der Waals surface area contributed by atoms with Crippen molar-refractivity contribution in [1.29, 1.82) is 0 Å². The van der Waals surface area contributed by atoms with E-state index in [0.717, 1.165) is 0 Å². The van der Waals surface area contributed by atoms with Crippen LogP contribution in [0.4, 0.5) is 4.39 Å². The van der Waals surface area contributed by atoms with Gasteiger partial charge in [0.25, 0.3) is 0 Å². The van der Waals surface area contributed by atoms with Crippen molar-refractivity contribution < 1.29 is 19.0 Å². The zero-order chi connectivity index (χ0) is 11.3. The number of methoxy groups -OCH3 is 1. The topological polar surface area (TPSA) is 38.7 Å². The summed E-state index contributed by atoms with van der Waals surface area (Å²) in [6.45, 7) is 0.426. The normalized spacial score (nSPS) is 10.1. The summed E-state index contributed by atoms with van der Waals surface area (Å²) in [4.78, 5) is 0. The van der Waals surface area contributed by atoms with Crippen LogP contribution in [0.25, 0.3) is 0 Å². The summed E-state index contributed by atoms with van der Waals surface area (Å²) in [6, 6.07) is 2.75. The second kappa shape index (κ2) is 5.92. The molecule has 0 aliphatic heterocycles. The predicted octanol–water partition coefficient (Wildman–Crippen LogP) is 2.36. The second-order valence-electron chi connectivity index (χ2n) is 2.84. The third-order valence-corrected chi connectivity index (χ3v) is 2.37. The van der Waals surface area contributed by atoms with Crippen LogP contribution in [0, 0.1) is 5.82 Å². The zero-order valence-corrected chi connectivity index (χ0v) is 9.88. The molecule has 0 aliphatic carbocycles. The third kappa shape index (κ3) is 3.35. The van der Waals surface area contributed by atoms with Gasteiger partial charge in [0.2, 0.25) is 0 Å². The molecular formula is C10H12BrFO3. The van der Waals surface area contributed by atoms with Gasteiger partial charge in [-0.25, -0.2) is 4.39 Å². The van der Waals surface area contributed by atoms with E-state index in [0.29, 0.717) is 29.0 Å². The molecule has 84 valence electrons.